The zero-order valence-electron chi connectivity index (χ0n) is 26.6. The summed E-state index contributed by atoms with van der Waals surface area (Å²) in [6.45, 7) is 5.68. The Morgan fingerprint density at radius 3 is 2.04 bits per heavy atom. The van der Waals surface area contributed by atoms with E-state index in [1.54, 1.807) is 48.5 Å². The van der Waals surface area contributed by atoms with Gasteiger partial charge in [0.05, 0.1) is 10.6 Å². The number of halogens is 1. The Morgan fingerprint density at radius 2 is 1.43 bits per heavy atom. The Hall–Kier alpha value is -4.50. The first-order valence-corrected chi connectivity index (χ1v) is 17.1. The molecule has 0 aromatic heterocycles. The van der Waals surface area contributed by atoms with Crippen molar-refractivity contribution in [3.63, 3.8) is 0 Å². The van der Waals surface area contributed by atoms with E-state index in [0.717, 1.165) is 28.3 Å². The molecule has 0 fully saturated rings. The monoisotopic (exact) mass is 643 g/mol. The minimum absolute atomic E-state index is 0.0227. The van der Waals surface area contributed by atoms with Crippen molar-refractivity contribution < 1.29 is 22.4 Å². The van der Waals surface area contributed by atoms with Gasteiger partial charge in [0.15, 0.2) is 0 Å². The molecule has 1 atom stereocenters. The minimum atomic E-state index is -4.21. The smallest absolute Gasteiger partial charge is 0.264 e. The van der Waals surface area contributed by atoms with E-state index in [9.17, 15) is 18.0 Å². The Bertz CT molecular complexity index is 1680. The molecule has 2 amide bonds. The molecule has 0 aliphatic carbocycles. The SMILES string of the molecule is CCCCNC(=O)[C@@H](Cc1ccccc1)N(Cc1ccccc1F)C(=O)CN(c1ccc(C(C)C)cc1)S(=O)(=O)c1ccccc1. The Kier molecular flexibility index (Phi) is 12.1. The molecule has 7 nitrogen and oxygen atoms in total. The van der Waals surface area contributed by atoms with Crippen molar-refractivity contribution in [1.29, 1.82) is 0 Å². The molecule has 1 N–H and O–H groups in total. The van der Waals surface area contributed by atoms with Crippen molar-refractivity contribution in [2.75, 3.05) is 17.4 Å². The number of nitrogens with one attached hydrogen (secondary N) is 1. The number of unbranched alkanes of at least 4 members (excludes halogenated alkanes) is 1. The molecule has 0 unspecified atom stereocenters. The molecule has 0 aliphatic rings. The molecule has 0 heterocycles. The first-order valence-electron chi connectivity index (χ1n) is 15.6. The number of sulfonamides is 1. The normalized spacial score (nSPS) is 12.0. The van der Waals surface area contributed by atoms with E-state index < -0.39 is 34.3 Å². The number of anilines is 1. The number of hydrogen-bond donors (Lipinski definition) is 1. The fraction of sp³-hybridized carbons (Fsp3) is 0.297. The van der Waals surface area contributed by atoms with E-state index in [1.165, 1.54) is 23.1 Å². The standard InChI is InChI=1S/C37H42FN3O4S/c1-4-5-24-39-37(43)35(25-29-14-8-6-9-15-29)40(26-31-16-12-13-19-34(31)38)36(42)27-41(32-22-20-30(21-23-32)28(2)3)46(44,45)33-17-10-7-11-18-33/h6-23,28,35H,4-5,24-27H2,1-3H3,(H,39,43)/t35-/m1/s1. The summed E-state index contributed by atoms with van der Waals surface area (Å²) >= 11 is 0. The summed E-state index contributed by atoms with van der Waals surface area (Å²) < 4.78 is 44.3. The van der Waals surface area contributed by atoms with E-state index in [0.29, 0.717) is 12.2 Å². The second kappa shape index (κ2) is 16.2. The molecule has 0 radical (unpaired) electrons. The molecule has 4 rings (SSSR count). The van der Waals surface area contributed by atoms with Crippen molar-refractivity contribution >= 4 is 27.5 Å². The van der Waals surface area contributed by atoms with Gasteiger partial charge < -0.3 is 10.2 Å². The molecule has 0 spiro atoms. The third kappa shape index (κ3) is 8.81. The maximum Gasteiger partial charge on any atom is 0.264 e. The van der Waals surface area contributed by atoms with Crippen LogP contribution in [0.1, 0.15) is 56.2 Å². The lowest BCUT2D eigenvalue weighted by Crippen LogP contribution is -2.53. The summed E-state index contributed by atoms with van der Waals surface area (Å²) in [6, 6.07) is 29.3. The minimum Gasteiger partial charge on any atom is -0.354 e. The Morgan fingerprint density at radius 1 is 0.826 bits per heavy atom. The van der Waals surface area contributed by atoms with E-state index in [2.05, 4.69) is 5.32 Å². The van der Waals surface area contributed by atoms with Crippen molar-refractivity contribution in [2.45, 2.75) is 63.4 Å². The van der Waals surface area contributed by atoms with E-state index in [4.69, 9.17) is 0 Å². The lowest BCUT2D eigenvalue weighted by atomic mass is 10.0. The molecule has 0 aliphatic heterocycles. The van der Waals surface area contributed by atoms with Crippen LogP contribution < -0.4 is 9.62 Å². The second-order valence-electron chi connectivity index (χ2n) is 11.5. The van der Waals surface area contributed by atoms with Crippen LogP contribution in [0.2, 0.25) is 0 Å². The largest absolute Gasteiger partial charge is 0.354 e. The van der Waals surface area contributed by atoms with Gasteiger partial charge in [-0.1, -0.05) is 106 Å². The maximum absolute atomic E-state index is 15.0. The lowest BCUT2D eigenvalue weighted by molar-refractivity contribution is -0.140. The number of carbonyl (C=O) groups is 2. The van der Waals surface area contributed by atoms with Crippen LogP contribution in [0.5, 0.6) is 0 Å². The molecule has 0 saturated carbocycles. The third-order valence-corrected chi connectivity index (χ3v) is 9.65. The average Bonchev–Trinajstić information content (AvgIpc) is 3.06. The number of amides is 2. The first kappa shape index (κ1) is 34.4. The quantitative estimate of drug-likeness (QED) is 0.146. The topological polar surface area (TPSA) is 86.8 Å². The molecular weight excluding hydrogens is 601 g/mol. The Balaban J connectivity index is 1.80. The summed E-state index contributed by atoms with van der Waals surface area (Å²) in [5, 5.41) is 2.94. The predicted molar refractivity (Wildman–Crippen MR) is 180 cm³/mol. The molecule has 242 valence electrons. The zero-order valence-corrected chi connectivity index (χ0v) is 27.4. The van der Waals surface area contributed by atoms with Crippen molar-refractivity contribution in [3.8, 4) is 0 Å². The number of carbonyl (C=O) groups excluding carboxylic acids is 2. The number of hydrogen-bond acceptors (Lipinski definition) is 4. The van der Waals surface area contributed by atoms with Gasteiger partial charge in [-0.25, -0.2) is 12.8 Å². The molecular formula is C37H42FN3O4S. The lowest BCUT2D eigenvalue weighted by Gasteiger charge is -2.34. The number of benzene rings is 4. The van der Waals surface area contributed by atoms with Crippen LogP contribution in [-0.4, -0.2) is 44.3 Å². The van der Waals surface area contributed by atoms with E-state index in [1.807, 2.05) is 63.2 Å². The first-order chi connectivity index (χ1) is 22.1. The summed E-state index contributed by atoms with van der Waals surface area (Å²) in [6.07, 6.45) is 1.78. The van der Waals surface area contributed by atoms with Crippen LogP contribution >= 0.6 is 0 Å². The van der Waals surface area contributed by atoms with Crippen LogP contribution in [0.15, 0.2) is 114 Å². The van der Waals surface area contributed by atoms with Crippen LogP contribution in [0.3, 0.4) is 0 Å². The van der Waals surface area contributed by atoms with Gasteiger partial charge in [-0.05, 0) is 53.8 Å². The number of rotatable bonds is 15. The van der Waals surface area contributed by atoms with Gasteiger partial charge in [-0.15, -0.1) is 0 Å². The van der Waals surface area contributed by atoms with Crippen molar-refractivity contribution in [3.05, 3.63) is 132 Å². The van der Waals surface area contributed by atoms with Crippen LogP contribution in [-0.2, 0) is 32.6 Å². The molecule has 9 heteroatoms. The fourth-order valence-corrected chi connectivity index (χ4v) is 6.58. The molecule has 0 saturated heterocycles. The highest BCUT2D eigenvalue weighted by molar-refractivity contribution is 7.92. The van der Waals surface area contributed by atoms with Gasteiger partial charge in [0, 0.05) is 25.1 Å². The predicted octanol–water partition coefficient (Wildman–Crippen LogP) is 6.70. The molecule has 0 bridgehead atoms. The fourth-order valence-electron chi connectivity index (χ4n) is 5.14. The third-order valence-electron chi connectivity index (χ3n) is 7.86. The highest BCUT2D eigenvalue weighted by Gasteiger charge is 2.35. The highest BCUT2D eigenvalue weighted by Crippen LogP contribution is 2.27. The Labute approximate surface area is 272 Å². The summed E-state index contributed by atoms with van der Waals surface area (Å²) in [5.41, 5.74) is 2.34. The van der Waals surface area contributed by atoms with Gasteiger partial charge in [0.1, 0.15) is 18.4 Å². The maximum atomic E-state index is 15.0. The summed E-state index contributed by atoms with van der Waals surface area (Å²) in [5.74, 6) is -1.33. The van der Waals surface area contributed by atoms with Gasteiger partial charge in [-0.3, -0.25) is 13.9 Å². The van der Waals surface area contributed by atoms with E-state index in [-0.39, 0.29) is 35.2 Å². The van der Waals surface area contributed by atoms with E-state index >= 15 is 4.39 Å². The van der Waals surface area contributed by atoms with Gasteiger partial charge in [-0.2, -0.15) is 0 Å². The van der Waals surface area contributed by atoms with Gasteiger partial charge in [0.2, 0.25) is 11.8 Å². The highest BCUT2D eigenvalue weighted by atomic mass is 32.2. The zero-order chi connectivity index (χ0) is 33.1. The molecule has 4 aromatic rings. The molecule has 46 heavy (non-hydrogen) atoms. The summed E-state index contributed by atoms with van der Waals surface area (Å²) in [7, 11) is -4.21. The number of nitrogens with zero attached hydrogens (tertiary/aromatic N) is 2. The van der Waals surface area contributed by atoms with Crippen molar-refractivity contribution in [1.82, 2.24) is 10.2 Å². The average molecular weight is 644 g/mol. The van der Waals surface area contributed by atoms with Gasteiger partial charge >= 0.3 is 0 Å². The van der Waals surface area contributed by atoms with Crippen LogP contribution in [0, 0.1) is 5.82 Å². The van der Waals surface area contributed by atoms with Crippen LogP contribution in [0.25, 0.3) is 0 Å². The van der Waals surface area contributed by atoms with Crippen LogP contribution in [0.4, 0.5) is 10.1 Å². The van der Waals surface area contributed by atoms with Gasteiger partial charge in [0.25, 0.3) is 10.0 Å². The van der Waals surface area contributed by atoms with Crippen molar-refractivity contribution in [2.24, 2.45) is 0 Å². The molecule has 4 aromatic carbocycles. The second-order valence-corrected chi connectivity index (χ2v) is 13.4. The summed E-state index contributed by atoms with van der Waals surface area (Å²) in [4.78, 5) is 29.6.